The van der Waals surface area contributed by atoms with Gasteiger partial charge in [0, 0.05) is 26.7 Å². The molecule has 0 spiro atoms. The molecular formula is C16H31N3O. The predicted molar refractivity (Wildman–Crippen MR) is 82.4 cm³/mol. The first-order chi connectivity index (χ1) is 9.57. The number of nitrogens with zero attached hydrogens (tertiary/aromatic N) is 2. The van der Waals surface area contributed by atoms with E-state index < -0.39 is 0 Å². The maximum absolute atomic E-state index is 12.8. The number of carbonyl (C=O) groups excluding carboxylic acids is 1. The van der Waals surface area contributed by atoms with Crippen LogP contribution in [0.5, 0.6) is 0 Å². The molecule has 4 nitrogen and oxygen atoms in total. The van der Waals surface area contributed by atoms with Crippen molar-refractivity contribution in [1.82, 2.24) is 9.80 Å². The lowest BCUT2D eigenvalue weighted by Gasteiger charge is -2.40. The van der Waals surface area contributed by atoms with Crippen molar-refractivity contribution in [3.05, 3.63) is 0 Å². The van der Waals surface area contributed by atoms with E-state index in [0.717, 1.165) is 44.7 Å². The summed E-state index contributed by atoms with van der Waals surface area (Å²) < 4.78 is 0. The Balaban J connectivity index is 1.86. The summed E-state index contributed by atoms with van der Waals surface area (Å²) in [6.45, 7) is 7.03. The first-order valence-electron chi connectivity index (χ1n) is 8.25. The van der Waals surface area contributed by atoms with Crippen LogP contribution >= 0.6 is 0 Å². The largest absolute Gasteiger partial charge is 0.344 e. The average Bonchev–Trinajstić information content (AvgIpc) is 2.98. The van der Waals surface area contributed by atoms with E-state index in [2.05, 4.69) is 11.8 Å². The number of likely N-dealkylation sites (N-methyl/N-ethyl adjacent to an activating group) is 1. The van der Waals surface area contributed by atoms with Crippen LogP contribution in [0.15, 0.2) is 0 Å². The highest BCUT2D eigenvalue weighted by Crippen LogP contribution is 2.39. The van der Waals surface area contributed by atoms with Crippen LogP contribution in [0.3, 0.4) is 0 Å². The Labute approximate surface area is 123 Å². The first kappa shape index (κ1) is 15.8. The second kappa shape index (κ2) is 6.90. The Bertz CT molecular complexity index is 318. The number of nitrogens with two attached hydrogens (primary N) is 1. The molecule has 0 aromatic carbocycles. The third kappa shape index (κ3) is 3.53. The lowest BCUT2D eigenvalue weighted by molar-refractivity contribution is -0.142. The van der Waals surface area contributed by atoms with Crippen molar-refractivity contribution in [3.8, 4) is 0 Å². The number of likely N-dealkylation sites (tertiary alicyclic amines) is 1. The Morgan fingerprint density at radius 2 is 1.90 bits per heavy atom. The molecule has 1 saturated carbocycles. The van der Waals surface area contributed by atoms with E-state index in [-0.39, 0.29) is 11.3 Å². The molecule has 0 radical (unpaired) electrons. The van der Waals surface area contributed by atoms with Crippen molar-refractivity contribution in [2.24, 2.45) is 17.1 Å². The molecule has 1 aliphatic carbocycles. The van der Waals surface area contributed by atoms with E-state index in [9.17, 15) is 4.79 Å². The fraction of sp³-hybridized carbons (Fsp3) is 0.938. The van der Waals surface area contributed by atoms with Crippen LogP contribution in [0.2, 0.25) is 0 Å². The van der Waals surface area contributed by atoms with E-state index in [4.69, 9.17) is 5.73 Å². The van der Waals surface area contributed by atoms with Crippen LogP contribution in [0.1, 0.15) is 45.4 Å². The molecule has 2 rings (SSSR count). The Morgan fingerprint density at radius 3 is 2.45 bits per heavy atom. The summed E-state index contributed by atoms with van der Waals surface area (Å²) in [5.41, 5.74) is 5.71. The molecule has 1 heterocycles. The van der Waals surface area contributed by atoms with Crippen molar-refractivity contribution in [2.45, 2.75) is 45.4 Å². The molecule has 1 amide bonds. The molecule has 2 fully saturated rings. The van der Waals surface area contributed by atoms with E-state index in [0.29, 0.717) is 6.54 Å². The zero-order valence-corrected chi connectivity index (χ0v) is 13.2. The third-order valence-electron chi connectivity index (χ3n) is 5.37. The second-order valence-electron chi connectivity index (χ2n) is 6.94. The fourth-order valence-electron chi connectivity index (χ4n) is 3.62. The van der Waals surface area contributed by atoms with E-state index in [1.165, 1.54) is 25.9 Å². The van der Waals surface area contributed by atoms with Crippen molar-refractivity contribution in [3.63, 3.8) is 0 Å². The summed E-state index contributed by atoms with van der Waals surface area (Å²) in [6, 6.07) is 0. The fourth-order valence-corrected chi connectivity index (χ4v) is 3.62. The average molecular weight is 281 g/mol. The third-order valence-corrected chi connectivity index (χ3v) is 5.37. The summed E-state index contributed by atoms with van der Waals surface area (Å²) >= 11 is 0. The molecule has 4 heteroatoms. The van der Waals surface area contributed by atoms with Gasteiger partial charge in [-0.15, -0.1) is 0 Å². The Kier molecular flexibility index (Phi) is 5.44. The number of amides is 1. The van der Waals surface area contributed by atoms with Gasteiger partial charge < -0.3 is 15.5 Å². The van der Waals surface area contributed by atoms with Gasteiger partial charge in [0.15, 0.2) is 0 Å². The van der Waals surface area contributed by atoms with Gasteiger partial charge in [0.05, 0.1) is 5.41 Å². The molecule has 0 bridgehead atoms. The molecule has 1 aliphatic heterocycles. The van der Waals surface area contributed by atoms with Gasteiger partial charge in [-0.05, 0) is 57.5 Å². The smallest absolute Gasteiger partial charge is 0.229 e. The maximum Gasteiger partial charge on any atom is 0.229 e. The standard InChI is InChI=1S/C16H31N3O/c1-14-5-7-16(13-17,8-6-14)15(20)18(2)11-12-19-9-3-4-10-19/h14H,3-13,17H2,1-2H3. The molecule has 20 heavy (non-hydrogen) atoms. The lowest BCUT2D eigenvalue weighted by Crippen LogP contribution is -2.49. The van der Waals surface area contributed by atoms with Crippen LogP contribution < -0.4 is 5.73 Å². The van der Waals surface area contributed by atoms with Crippen LogP contribution in [0.25, 0.3) is 0 Å². The highest BCUT2D eigenvalue weighted by molar-refractivity contribution is 5.83. The van der Waals surface area contributed by atoms with E-state index >= 15 is 0 Å². The van der Waals surface area contributed by atoms with Gasteiger partial charge in [0.25, 0.3) is 0 Å². The molecule has 0 atom stereocenters. The van der Waals surface area contributed by atoms with Crippen LogP contribution in [0.4, 0.5) is 0 Å². The van der Waals surface area contributed by atoms with Gasteiger partial charge in [-0.2, -0.15) is 0 Å². The highest BCUT2D eigenvalue weighted by atomic mass is 16.2. The monoisotopic (exact) mass is 281 g/mol. The number of rotatable bonds is 5. The SMILES string of the molecule is CC1CCC(CN)(C(=O)N(C)CCN2CCCC2)CC1. The zero-order valence-electron chi connectivity index (χ0n) is 13.2. The Morgan fingerprint density at radius 1 is 1.30 bits per heavy atom. The molecule has 2 N–H and O–H groups in total. The highest BCUT2D eigenvalue weighted by Gasteiger charge is 2.41. The minimum absolute atomic E-state index is 0.272. The van der Waals surface area contributed by atoms with E-state index in [1.54, 1.807) is 0 Å². The minimum Gasteiger partial charge on any atom is -0.344 e. The van der Waals surface area contributed by atoms with E-state index in [1.807, 2.05) is 11.9 Å². The molecule has 1 saturated heterocycles. The summed E-state index contributed by atoms with van der Waals surface area (Å²) in [5, 5.41) is 0. The van der Waals surface area contributed by atoms with Crippen LogP contribution in [-0.2, 0) is 4.79 Å². The normalized spacial score (nSPS) is 31.4. The lowest BCUT2D eigenvalue weighted by atomic mass is 9.70. The summed E-state index contributed by atoms with van der Waals surface area (Å²) in [6.07, 6.45) is 6.84. The summed E-state index contributed by atoms with van der Waals surface area (Å²) in [5.74, 6) is 1.03. The zero-order chi connectivity index (χ0) is 14.6. The van der Waals surface area contributed by atoms with Gasteiger partial charge >= 0.3 is 0 Å². The van der Waals surface area contributed by atoms with Crippen LogP contribution in [-0.4, -0.2) is 55.5 Å². The molecule has 2 aliphatic rings. The van der Waals surface area contributed by atoms with Gasteiger partial charge in [0.2, 0.25) is 5.91 Å². The summed E-state index contributed by atoms with van der Waals surface area (Å²) in [7, 11) is 1.95. The maximum atomic E-state index is 12.8. The minimum atomic E-state index is -0.272. The molecule has 116 valence electrons. The van der Waals surface area contributed by atoms with Gasteiger partial charge in [0.1, 0.15) is 0 Å². The number of carbonyl (C=O) groups is 1. The molecule has 0 aromatic heterocycles. The number of hydrogen-bond donors (Lipinski definition) is 1. The molecular weight excluding hydrogens is 250 g/mol. The predicted octanol–water partition coefficient (Wildman–Crippen LogP) is 1.70. The number of hydrogen-bond acceptors (Lipinski definition) is 3. The van der Waals surface area contributed by atoms with Crippen LogP contribution in [0, 0.1) is 11.3 Å². The van der Waals surface area contributed by atoms with Crippen molar-refractivity contribution >= 4 is 5.91 Å². The van der Waals surface area contributed by atoms with Gasteiger partial charge in [-0.1, -0.05) is 6.92 Å². The van der Waals surface area contributed by atoms with Crippen molar-refractivity contribution in [2.75, 3.05) is 39.8 Å². The summed E-state index contributed by atoms with van der Waals surface area (Å²) in [4.78, 5) is 17.2. The van der Waals surface area contributed by atoms with Crippen molar-refractivity contribution < 1.29 is 4.79 Å². The van der Waals surface area contributed by atoms with Crippen molar-refractivity contribution in [1.29, 1.82) is 0 Å². The quantitative estimate of drug-likeness (QED) is 0.834. The van der Waals surface area contributed by atoms with Gasteiger partial charge in [-0.3, -0.25) is 4.79 Å². The van der Waals surface area contributed by atoms with Gasteiger partial charge in [-0.25, -0.2) is 0 Å². The molecule has 0 aromatic rings. The molecule has 0 unspecified atom stereocenters. The topological polar surface area (TPSA) is 49.6 Å². The Hall–Kier alpha value is -0.610. The first-order valence-corrected chi connectivity index (χ1v) is 8.25. The second-order valence-corrected chi connectivity index (χ2v) is 6.94.